The van der Waals surface area contributed by atoms with Crippen molar-refractivity contribution in [1.82, 2.24) is 4.90 Å². The number of aliphatic carboxylic acids is 1. The molecule has 2 aliphatic heterocycles. The number of fused-ring (bicyclic) bond motifs is 2. The van der Waals surface area contributed by atoms with Gasteiger partial charge in [-0.3, -0.25) is 9.59 Å². The molecule has 2 N–H and O–H groups in total. The molecule has 106 valence electrons. The number of hydrogen-bond acceptors (Lipinski definition) is 3. The molecule has 1 saturated carbocycles. The van der Waals surface area contributed by atoms with E-state index in [0.717, 1.165) is 19.3 Å². The first kappa shape index (κ1) is 12.9. The number of aliphatic hydroxyl groups excluding tert-OH is 1. The Labute approximate surface area is 112 Å². The lowest BCUT2D eigenvalue weighted by Gasteiger charge is -2.42. The third-order valence-corrected chi connectivity index (χ3v) is 5.25. The average Bonchev–Trinajstić information content (AvgIpc) is 2.56. The minimum atomic E-state index is -0.823. The Hall–Kier alpha value is -1.10. The summed E-state index contributed by atoms with van der Waals surface area (Å²) in [6, 6.07) is 0.263. The van der Waals surface area contributed by atoms with Crippen LogP contribution in [0.25, 0.3) is 0 Å². The Morgan fingerprint density at radius 2 is 1.74 bits per heavy atom. The smallest absolute Gasteiger partial charge is 0.310 e. The molecule has 2 saturated heterocycles. The molecule has 1 amide bonds. The SMILES string of the molecule is O=C(CC1(C(=O)O)CCC1)N1C2CCC1CC(O)C2. The van der Waals surface area contributed by atoms with Gasteiger partial charge in [0.1, 0.15) is 0 Å². The minimum absolute atomic E-state index is 0.0125. The summed E-state index contributed by atoms with van der Waals surface area (Å²) in [6.07, 6.45) is 5.22. The Bertz CT molecular complexity index is 390. The molecule has 5 heteroatoms. The molecule has 0 aromatic carbocycles. The summed E-state index contributed by atoms with van der Waals surface area (Å²) in [5, 5.41) is 19.0. The molecule has 0 spiro atoms. The highest BCUT2D eigenvalue weighted by atomic mass is 16.4. The number of hydrogen-bond donors (Lipinski definition) is 2. The largest absolute Gasteiger partial charge is 0.481 e. The molecular formula is C14H21NO4. The van der Waals surface area contributed by atoms with Crippen molar-refractivity contribution in [1.29, 1.82) is 0 Å². The van der Waals surface area contributed by atoms with Gasteiger partial charge in [-0.2, -0.15) is 0 Å². The number of rotatable bonds is 3. The van der Waals surface area contributed by atoms with Crippen LogP contribution in [-0.4, -0.2) is 45.2 Å². The molecule has 2 heterocycles. The molecule has 3 rings (SSSR count). The summed E-state index contributed by atoms with van der Waals surface area (Å²) < 4.78 is 0. The van der Waals surface area contributed by atoms with Crippen LogP contribution >= 0.6 is 0 Å². The molecule has 3 fully saturated rings. The van der Waals surface area contributed by atoms with Gasteiger partial charge < -0.3 is 15.1 Å². The van der Waals surface area contributed by atoms with Crippen molar-refractivity contribution >= 4 is 11.9 Å². The van der Waals surface area contributed by atoms with Gasteiger partial charge >= 0.3 is 5.97 Å². The maximum Gasteiger partial charge on any atom is 0.310 e. The fraction of sp³-hybridized carbons (Fsp3) is 0.857. The summed E-state index contributed by atoms with van der Waals surface area (Å²) in [6.45, 7) is 0. The molecule has 19 heavy (non-hydrogen) atoms. The van der Waals surface area contributed by atoms with Crippen molar-refractivity contribution in [2.75, 3.05) is 0 Å². The van der Waals surface area contributed by atoms with Crippen LogP contribution in [0.3, 0.4) is 0 Å². The Morgan fingerprint density at radius 3 is 2.16 bits per heavy atom. The lowest BCUT2D eigenvalue weighted by molar-refractivity contribution is -0.161. The molecular weight excluding hydrogens is 246 g/mol. The summed E-state index contributed by atoms with van der Waals surface area (Å²) in [7, 11) is 0. The number of carbonyl (C=O) groups excluding carboxylic acids is 1. The molecule has 3 aliphatic rings. The fourth-order valence-corrected chi connectivity index (χ4v) is 4.01. The Balaban J connectivity index is 1.70. The molecule has 0 radical (unpaired) electrons. The molecule has 2 unspecified atom stereocenters. The van der Waals surface area contributed by atoms with Crippen molar-refractivity contribution in [3.05, 3.63) is 0 Å². The summed E-state index contributed by atoms with van der Waals surface area (Å²) in [5.74, 6) is -0.835. The zero-order valence-corrected chi connectivity index (χ0v) is 11.0. The third-order valence-electron chi connectivity index (χ3n) is 5.25. The van der Waals surface area contributed by atoms with E-state index in [0.29, 0.717) is 25.7 Å². The van der Waals surface area contributed by atoms with Crippen LogP contribution in [0.2, 0.25) is 0 Å². The van der Waals surface area contributed by atoms with E-state index in [1.807, 2.05) is 4.90 Å². The van der Waals surface area contributed by atoms with Crippen LogP contribution in [0.1, 0.15) is 51.4 Å². The van der Waals surface area contributed by atoms with Gasteiger partial charge in [0, 0.05) is 18.5 Å². The second-order valence-corrected chi connectivity index (χ2v) is 6.43. The third kappa shape index (κ3) is 2.04. The van der Waals surface area contributed by atoms with Gasteiger partial charge in [0.25, 0.3) is 0 Å². The number of carbonyl (C=O) groups is 2. The van der Waals surface area contributed by atoms with E-state index in [4.69, 9.17) is 0 Å². The number of piperidine rings is 1. The second kappa shape index (κ2) is 4.47. The molecule has 1 aliphatic carbocycles. The van der Waals surface area contributed by atoms with Crippen LogP contribution in [0.4, 0.5) is 0 Å². The fourth-order valence-electron chi connectivity index (χ4n) is 4.01. The second-order valence-electron chi connectivity index (χ2n) is 6.43. The van der Waals surface area contributed by atoms with Gasteiger partial charge in [0.05, 0.1) is 11.5 Å². The lowest BCUT2D eigenvalue weighted by atomic mass is 9.66. The summed E-state index contributed by atoms with van der Waals surface area (Å²) >= 11 is 0. The first-order valence-corrected chi connectivity index (χ1v) is 7.24. The number of carboxylic acid groups (broad SMARTS) is 1. The Morgan fingerprint density at radius 1 is 1.16 bits per heavy atom. The average molecular weight is 267 g/mol. The standard InChI is InChI=1S/C14H21NO4/c16-11-6-9-2-3-10(7-11)15(9)12(17)8-14(13(18)19)4-1-5-14/h9-11,16H,1-8H2,(H,18,19). The number of carboxylic acids is 1. The van der Waals surface area contributed by atoms with E-state index in [2.05, 4.69) is 0 Å². The Kier molecular flexibility index (Phi) is 3.04. The van der Waals surface area contributed by atoms with Crippen LogP contribution in [0.15, 0.2) is 0 Å². The number of nitrogens with zero attached hydrogens (tertiary/aromatic N) is 1. The summed E-state index contributed by atoms with van der Waals surface area (Å²) in [4.78, 5) is 25.7. The van der Waals surface area contributed by atoms with Gasteiger partial charge in [0.2, 0.25) is 5.91 Å². The predicted octanol–water partition coefficient (Wildman–Crippen LogP) is 1.15. The maximum atomic E-state index is 12.5. The van der Waals surface area contributed by atoms with Crippen LogP contribution < -0.4 is 0 Å². The zero-order chi connectivity index (χ0) is 13.6. The first-order valence-electron chi connectivity index (χ1n) is 7.24. The highest BCUT2D eigenvalue weighted by Crippen LogP contribution is 2.46. The predicted molar refractivity (Wildman–Crippen MR) is 67.4 cm³/mol. The van der Waals surface area contributed by atoms with Gasteiger partial charge in [-0.25, -0.2) is 0 Å². The van der Waals surface area contributed by atoms with E-state index in [9.17, 15) is 19.8 Å². The number of amides is 1. The first-order chi connectivity index (χ1) is 9.02. The van der Waals surface area contributed by atoms with Crippen molar-refractivity contribution in [2.45, 2.75) is 69.6 Å². The minimum Gasteiger partial charge on any atom is -0.481 e. The maximum absolute atomic E-state index is 12.5. The topological polar surface area (TPSA) is 77.8 Å². The van der Waals surface area contributed by atoms with E-state index in [1.54, 1.807) is 0 Å². The van der Waals surface area contributed by atoms with Crippen LogP contribution in [-0.2, 0) is 9.59 Å². The van der Waals surface area contributed by atoms with Gasteiger partial charge in [-0.05, 0) is 38.5 Å². The molecule has 0 aromatic rings. The molecule has 2 atom stereocenters. The number of aliphatic hydroxyl groups is 1. The van der Waals surface area contributed by atoms with E-state index in [1.165, 1.54) is 0 Å². The van der Waals surface area contributed by atoms with Crippen LogP contribution in [0.5, 0.6) is 0 Å². The lowest BCUT2D eigenvalue weighted by Crippen LogP contribution is -2.51. The monoisotopic (exact) mass is 267 g/mol. The molecule has 2 bridgehead atoms. The van der Waals surface area contributed by atoms with Crippen molar-refractivity contribution in [3.8, 4) is 0 Å². The molecule has 5 nitrogen and oxygen atoms in total. The highest BCUT2D eigenvalue weighted by Gasteiger charge is 2.49. The van der Waals surface area contributed by atoms with Crippen LogP contribution in [0, 0.1) is 5.41 Å². The highest BCUT2D eigenvalue weighted by molar-refractivity contribution is 5.86. The van der Waals surface area contributed by atoms with Gasteiger partial charge in [0.15, 0.2) is 0 Å². The van der Waals surface area contributed by atoms with Gasteiger partial charge in [-0.1, -0.05) is 6.42 Å². The van der Waals surface area contributed by atoms with E-state index >= 15 is 0 Å². The van der Waals surface area contributed by atoms with Crippen molar-refractivity contribution in [3.63, 3.8) is 0 Å². The van der Waals surface area contributed by atoms with Crippen molar-refractivity contribution in [2.24, 2.45) is 5.41 Å². The van der Waals surface area contributed by atoms with Crippen molar-refractivity contribution < 1.29 is 19.8 Å². The van der Waals surface area contributed by atoms with E-state index < -0.39 is 11.4 Å². The van der Waals surface area contributed by atoms with Gasteiger partial charge in [-0.15, -0.1) is 0 Å². The normalized spacial score (nSPS) is 35.8. The van der Waals surface area contributed by atoms with E-state index in [-0.39, 0.29) is 30.5 Å². The quantitative estimate of drug-likeness (QED) is 0.804. The summed E-state index contributed by atoms with van der Waals surface area (Å²) in [5.41, 5.74) is -0.799. The zero-order valence-electron chi connectivity index (χ0n) is 11.0. The molecule has 0 aromatic heterocycles.